The van der Waals surface area contributed by atoms with Gasteiger partial charge in [0.25, 0.3) is 5.91 Å². The van der Waals surface area contributed by atoms with Gasteiger partial charge in [0.2, 0.25) is 0 Å². The molecule has 7 nitrogen and oxygen atoms in total. The molecular formula is C22H18ClN3O4S2. The Morgan fingerprint density at radius 3 is 2.66 bits per heavy atom. The zero-order valence-electron chi connectivity index (χ0n) is 17.0. The van der Waals surface area contributed by atoms with E-state index in [0.717, 1.165) is 22.5 Å². The Kier molecular flexibility index (Phi) is 6.23. The number of carbonyl (C=O) groups is 2. The van der Waals surface area contributed by atoms with E-state index in [1.54, 1.807) is 12.1 Å². The fraction of sp³-hybridized carbons (Fsp3) is 0.182. The van der Waals surface area contributed by atoms with Crippen molar-refractivity contribution < 1.29 is 18.0 Å². The van der Waals surface area contributed by atoms with Gasteiger partial charge in [-0.15, -0.1) is 11.3 Å². The summed E-state index contributed by atoms with van der Waals surface area (Å²) in [5.74, 6) is -1.28. The van der Waals surface area contributed by atoms with Crippen LogP contribution in [0.15, 0.2) is 64.0 Å². The molecule has 0 unspecified atom stereocenters. The molecular weight excluding hydrogens is 470 g/mol. The van der Waals surface area contributed by atoms with E-state index < -0.39 is 21.4 Å². The molecule has 0 saturated heterocycles. The number of sulfone groups is 1. The number of carbonyl (C=O) groups excluding carboxylic acids is 2. The van der Waals surface area contributed by atoms with Crippen LogP contribution in [-0.2, 0) is 25.8 Å². The van der Waals surface area contributed by atoms with Gasteiger partial charge in [-0.1, -0.05) is 41.4 Å². The van der Waals surface area contributed by atoms with Gasteiger partial charge in [-0.25, -0.2) is 8.42 Å². The molecule has 1 aromatic carbocycles. The quantitative estimate of drug-likeness (QED) is 0.504. The van der Waals surface area contributed by atoms with Crippen molar-refractivity contribution in [3.05, 3.63) is 75.9 Å². The van der Waals surface area contributed by atoms with Crippen LogP contribution in [-0.4, -0.2) is 36.6 Å². The summed E-state index contributed by atoms with van der Waals surface area (Å²) in [6.45, 7) is 1.98. The summed E-state index contributed by atoms with van der Waals surface area (Å²) < 4.78 is 25.1. The number of hydrazone groups is 1. The van der Waals surface area contributed by atoms with Crippen LogP contribution in [0.4, 0.5) is 5.69 Å². The highest BCUT2D eigenvalue weighted by atomic mass is 35.5. The van der Waals surface area contributed by atoms with Crippen molar-refractivity contribution in [1.82, 2.24) is 4.98 Å². The number of hydrogen-bond acceptors (Lipinski definition) is 7. The van der Waals surface area contributed by atoms with Gasteiger partial charge in [0.05, 0.1) is 28.4 Å². The molecule has 32 heavy (non-hydrogen) atoms. The Bertz CT molecular complexity index is 1330. The van der Waals surface area contributed by atoms with E-state index in [-0.39, 0.29) is 23.0 Å². The molecule has 1 aliphatic heterocycles. The number of pyridine rings is 1. The third-order valence-electron chi connectivity index (χ3n) is 4.76. The van der Waals surface area contributed by atoms with Crippen molar-refractivity contribution in [2.75, 3.05) is 10.8 Å². The van der Waals surface area contributed by atoms with Gasteiger partial charge in [-0.2, -0.15) is 10.1 Å². The van der Waals surface area contributed by atoms with Crippen LogP contribution in [0, 0.1) is 6.92 Å². The summed E-state index contributed by atoms with van der Waals surface area (Å²) in [7, 11) is -3.74. The number of hydrogen-bond donors (Lipinski definition) is 0. The third-order valence-corrected chi connectivity index (χ3v) is 8.25. The molecule has 164 valence electrons. The van der Waals surface area contributed by atoms with E-state index in [4.69, 9.17) is 11.6 Å². The molecule has 10 heteroatoms. The lowest BCUT2D eigenvalue weighted by Crippen LogP contribution is -2.20. The van der Waals surface area contributed by atoms with Crippen LogP contribution < -0.4 is 5.01 Å². The lowest BCUT2D eigenvalue weighted by molar-refractivity contribution is -0.117. The first-order valence-corrected chi connectivity index (χ1v) is 12.5. The lowest BCUT2D eigenvalue weighted by Gasteiger charge is -2.11. The minimum atomic E-state index is -3.74. The standard InChI is InChI=1S/C22H18ClN3O4S2/c1-14-3-2-4-15(9-14)19-11-21(28)26(25-19)17-6-5-16(24-12-17)10-18(27)13-32(29,30)22-8-7-20(23)31-22/h2-9,12H,10-11,13H2,1H3. The minimum absolute atomic E-state index is 0.0639. The molecule has 1 amide bonds. The van der Waals surface area contributed by atoms with Gasteiger partial charge < -0.3 is 0 Å². The highest BCUT2D eigenvalue weighted by Gasteiger charge is 2.27. The maximum atomic E-state index is 12.5. The fourth-order valence-electron chi connectivity index (χ4n) is 3.26. The van der Waals surface area contributed by atoms with Crippen molar-refractivity contribution >= 4 is 55.9 Å². The summed E-state index contributed by atoms with van der Waals surface area (Å²) in [5.41, 5.74) is 3.54. The predicted octanol–water partition coefficient (Wildman–Crippen LogP) is 3.83. The first-order valence-electron chi connectivity index (χ1n) is 9.63. The molecule has 0 atom stereocenters. The molecule has 1 aliphatic rings. The molecule has 0 radical (unpaired) electrons. The zero-order chi connectivity index (χ0) is 22.9. The molecule has 3 aromatic rings. The molecule has 0 N–H and O–H groups in total. The maximum absolute atomic E-state index is 12.5. The van der Waals surface area contributed by atoms with Crippen molar-refractivity contribution in [3.8, 4) is 0 Å². The van der Waals surface area contributed by atoms with Gasteiger partial charge in [0, 0.05) is 12.1 Å². The first kappa shape index (κ1) is 22.3. The molecule has 0 saturated carbocycles. The third kappa shape index (κ3) is 4.95. The molecule has 0 bridgehead atoms. The van der Waals surface area contributed by atoms with Gasteiger partial charge in [0.1, 0.15) is 9.96 Å². The summed E-state index contributed by atoms with van der Waals surface area (Å²) >= 11 is 6.70. The molecule has 4 rings (SSSR count). The van der Waals surface area contributed by atoms with E-state index in [1.165, 1.54) is 23.3 Å². The number of thiophene rings is 1. The number of ketones is 1. The number of halogens is 1. The summed E-state index contributed by atoms with van der Waals surface area (Å²) in [5, 5.41) is 5.72. The van der Waals surface area contributed by atoms with E-state index in [1.807, 2.05) is 31.2 Å². The van der Waals surface area contributed by atoms with Gasteiger partial charge in [-0.05, 0) is 36.8 Å². The highest BCUT2D eigenvalue weighted by Crippen LogP contribution is 2.27. The van der Waals surface area contributed by atoms with Gasteiger partial charge >= 0.3 is 0 Å². The normalized spacial score (nSPS) is 14.0. The van der Waals surface area contributed by atoms with Crippen LogP contribution in [0.3, 0.4) is 0 Å². The minimum Gasteiger partial charge on any atom is -0.298 e. The second kappa shape index (κ2) is 8.93. The smallest absolute Gasteiger partial charge is 0.253 e. The number of aryl methyl sites for hydroxylation is 1. The molecule has 0 aliphatic carbocycles. The number of nitrogens with zero attached hydrogens (tertiary/aromatic N) is 3. The predicted molar refractivity (Wildman–Crippen MR) is 124 cm³/mol. The Morgan fingerprint density at radius 2 is 2.00 bits per heavy atom. The molecule has 2 aromatic heterocycles. The topological polar surface area (TPSA) is 96.8 Å². The Labute approximate surface area is 194 Å². The number of benzene rings is 1. The average Bonchev–Trinajstić information content (AvgIpc) is 3.34. The van der Waals surface area contributed by atoms with Crippen LogP contribution in [0.2, 0.25) is 4.34 Å². The van der Waals surface area contributed by atoms with E-state index in [2.05, 4.69) is 10.1 Å². The number of Topliss-reactive ketones (excluding diaryl/α,β-unsaturated/α-hetero) is 1. The molecule has 0 spiro atoms. The Balaban J connectivity index is 1.44. The van der Waals surface area contributed by atoms with E-state index in [0.29, 0.717) is 21.4 Å². The number of anilines is 1. The van der Waals surface area contributed by atoms with E-state index in [9.17, 15) is 18.0 Å². The number of amides is 1. The van der Waals surface area contributed by atoms with E-state index >= 15 is 0 Å². The van der Waals surface area contributed by atoms with Crippen LogP contribution in [0.5, 0.6) is 0 Å². The number of aromatic nitrogens is 1. The van der Waals surface area contributed by atoms with Crippen LogP contribution in [0.1, 0.15) is 23.2 Å². The zero-order valence-corrected chi connectivity index (χ0v) is 19.4. The van der Waals surface area contributed by atoms with Crippen LogP contribution >= 0.6 is 22.9 Å². The average molecular weight is 488 g/mol. The lowest BCUT2D eigenvalue weighted by atomic mass is 10.1. The van der Waals surface area contributed by atoms with Gasteiger partial charge in [0.15, 0.2) is 15.6 Å². The van der Waals surface area contributed by atoms with Crippen molar-refractivity contribution in [2.24, 2.45) is 5.10 Å². The van der Waals surface area contributed by atoms with Crippen molar-refractivity contribution in [3.63, 3.8) is 0 Å². The number of rotatable bonds is 7. The maximum Gasteiger partial charge on any atom is 0.253 e. The van der Waals surface area contributed by atoms with Crippen LogP contribution in [0.25, 0.3) is 0 Å². The van der Waals surface area contributed by atoms with Crippen molar-refractivity contribution in [2.45, 2.75) is 24.0 Å². The van der Waals surface area contributed by atoms with Crippen molar-refractivity contribution in [1.29, 1.82) is 0 Å². The first-order chi connectivity index (χ1) is 15.2. The van der Waals surface area contributed by atoms with Gasteiger partial charge in [-0.3, -0.25) is 14.6 Å². The fourth-order valence-corrected chi connectivity index (χ4v) is 6.08. The Hall–Kier alpha value is -2.88. The Morgan fingerprint density at radius 1 is 1.19 bits per heavy atom. The largest absolute Gasteiger partial charge is 0.298 e. The second-order valence-corrected chi connectivity index (χ2v) is 11.3. The summed E-state index contributed by atoms with van der Waals surface area (Å²) in [4.78, 5) is 29.0. The summed E-state index contributed by atoms with van der Waals surface area (Å²) in [6.07, 6.45) is 1.51. The monoisotopic (exact) mass is 487 g/mol. The SMILES string of the molecule is Cc1cccc(C2=NN(c3ccc(CC(=O)CS(=O)(=O)c4ccc(Cl)s4)nc3)C(=O)C2)c1. The molecule has 3 heterocycles. The highest BCUT2D eigenvalue weighted by molar-refractivity contribution is 7.94. The molecule has 0 fully saturated rings. The second-order valence-electron chi connectivity index (χ2n) is 7.34. The summed E-state index contributed by atoms with van der Waals surface area (Å²) in [6, 6.07) is 13.9.